The Hall–Kier alpha value is -3.07. The smallest absolute Gasteiger partial charge is 0.462 e. The number of hydrogen-bond acceptors (Lipinski definition) is 8. The lowest BCUT2D eigenvalue weighted by molar-refractivity contribution is -0.161. The number of unbranched alkanes of at least 4 members (excludes halogenated alkanes) is 27. The van der Waals surface area contributed by atoms with Crippen LogP contribution in [-0.2, 0) is 32.7 Å². The van der Waals surface area contributed by atoms with Crippen molar-refractivity contribution >= 4 is 19.8 Å². The summed E-state index contributed by atoms with van der Waals surface area (Å²) >= 11 is 0. The van der Waals surface area contributed by atoms with Crippen molar-refractivity contribution in [2.24, 2.45) is 5.73 Å². The monoisotopic (exact) mass is 1050 g/mol. The fourth-order valence-corrected chi connectivity index (χ4v) is 9.07. The van der Waals surface area contributed by atoms with Crippen LogP contribution in [0.5, 0.6) is 0 Å². The average Bonchev–Trinajstić information content (AvgIpc) is 3.39. The molecule has 10 heteroatoms. The zero-order valence-electron chi connectivity index (χ0n) is 47.6. The van der Waals surface area contributed by atoms with E-state index in [-0.39, 0.29) is 32.6 Å². The van der Waals surface area contributed by atoms with Crippen LogP contribution in [0.2, 0.25) is 0 Å². The maximum Gasteiger partial charge on any atom is 0.472 e. The fourth-order valence-electron chi connectivity index (χ4n) is 8.30. The molecule has 0 radical (unpaired) electrons. The lowest BCUT2D eigenvalue weighted by atomic mass is 10.0. The highest BCUT2D eigenvalue weighted by Crippen LogP contribution is 2.43. The van der Waals surface area contributed by atoms with Crippen LogP contribution in [0.3, 0.4) is 0 Å². The molecule has 0 heterocycles. The van der Waals surface area contributed by atoms with E-state index < -0.39 is 32.5 Å². The Morgan fingerprint density at radius 2 is 0.743 bits per heavy atom. The summed E-state index contributed by atoms with van der Waals surface area (Å²) in [5.74, 6) is -0.876. The van der Waals surface area contributed by atoms with Gasteiger partial charge in [0.25, 0.3) is 0 Å². The van der Waals surface area contributed by atoms with Gasteiger partial charge in [-0.1, -0.05) is 272 Å². The molecule has 0 aliphatic rings. The summed E-state index contributed by atoms with van der Waals surface area (Å²) in [6.45, 7) is 3.60. The Labute approximate surface area is 455 Å². The molecule has 0 aliphatic carbocycles. The first-order valence-electron chi connectivity index (χ1n) is 30.2. The number of carbonyl (C=O) groups is 2. The molecule has 2 unspecified atom stereocenters. The highest BCUT2D eigenvalue weighted by atomic mass is 31.2. The first-order valence-corrected chi connectivity index (χ1v) is 31.7. The molecule has 0 aromatic heterocycles. The predicted molar refractivity (Wildman–Crippen MR) is 316 cm³/mol. The number of ether oxygens (including phenoxy) is 2. The molecule has 0 aromatic carbocycles. The van der Waals surface area contributed by atoms with Gasteiger partial charge in [-0.15, -0.1) is 0 Å². The van der Waals surface area contributed by atoms with Crippen molar-refractivity contribution in [3.8, 4) is 0 Å². The summed E-state index contributed by atoms with van der Waals surface area (Å²) < 4.78 is 33.0. The second-order valence-electron chi connectivity index (χ2n) is 19.8. The highest BCUT2D eigenvalue weighted by Gasteiger charge is 2.26. The molecule has 74 heavy (non-hydrogen) atoms. The van der Waals surface area contributed by atoms with Crippen LogP contribution in [0.1, 0.15) is 264 Å². The molecule has 0 rings (SSSR count). The van der Waals surface area contributed by atoms with E-state index in [1.54, 1.807) is 0 Å². The van der Waals surface area contributed by atoms with Gasteiger partial charge in [-0.05, 0) is 77.0 Å². The minimum absolute atomic E-state index is 0.0422. The summed E-state index contributed by atoms with van der Waals surface area (Å²) in [7, 11) is -4.41. The molecule has 0 saturated heterocycles. The van der Waals surface area contributed by atoms with Crippen LogP contribution in [0, 0.1) is 0 Å². The number of phosphoric acid groups is 1. The largest absolute Gasteiger partial charge is 0.472 e. The number of allylic oxidation sites excluding steroid dienone is 16. The molecular formula is C64H112NO8P. The molecule has 9 nitrogen and oxygen atoms in total. The van der Waals surface area contributed by atoms with Gasteiger partial charge in [0.1, 0.15) is 6.61 Å². The molecule has 3 N–H and O–H groups in total. The van der Waals surface area contributed by atoms with Gasteiger partial charge in [0.15, 0.2) is 6.10 Å². The molecule has 426 valence electrons. The van der Waals surface area contributed by atoms with Crippen LogP contribution in [0.15, 0.2) is 97.2 Å². The predicted octanol–water partition coefficient (Wildman–Crippen LogP) is 19.2. The molecule has 0 spiro atoms. The molecule has 2 atom stereocenters. The number of carbonyl (C=O) groups excluding carboxylic acids is 2. The molecule has 0 fully saturated rings. The van der Waals surface area contributed by atoms with E-state index in [1.165, 1.54) is 148 Å². The lowest BCUT2D eigenvalue weighted by Gasteiger charge is -2.19. The molecule has 0 aromatic rings. The first-order chi connectivity index (χ1) is 36.3. The number of rotatable bonds is 56. The number of phosphoric ester groups is 1. The Balaban J connectivity index is 4.05. The van der Waals surface area contributed by atoms with E-state index in [1.807, 2.05) is 0 Å². The van der Waals surface area contributed by atoms with Crippen LogP contribution in [0.25, 0.3) is 0 Å². The summed E-state index contributed by atoms with van der Waals surface area (Å²) in [5.41, 5.74) is 5.38. The Morgan fingerprint density at radius 1 is 0.419 bits per heavy atom. The Kier molecular flexibility index (Phi) is 56.7. The van der Waals surface area contributed by atoms with Crippen molar-refractivity contribution in [2.45, 2.75) is 270 Å². The van der Waals surface area contributed by atoms with Crippen molar-refractivity contribution in [3.05, 3.63) is 97.2 Å². The topological polar surface area (TPSA) is 134 Å². The van der Waals surface area contributed by atoms with E-state index in [0.717, 1.165) is 83.5 Å². The summed E-state index contributed by atoms with van der Waals surface area (Å²) in [6.07, 6.45) is 79.1. The zero-order chi connectivity index (χ0) is 53.8. The van der Waals surface area contributed by atoms with E-state index >= 15 is 0 Å². The number of hydrogen-bond donors (Lipinski definition) is 2. The van der Waals surface area contributed by atoms with Gasteiger partial charge in [-0.25, -0.2) is 4.57 Å². The third kappa shape index (κ3) is 58.2. The number of nitrogens with two attached hydrogens (primary N) is 1. The van der Waals surface area contributed by atoms with Crippen molar-refractivity contribution in [1.29, 1.82) is 0 Å². The molecule has 0 amide bonds. The highest BCUT2D eigenvalue weighted by molar-refractivity contribution is 7.47. The van der Waals surface area contributed by atoms with Crippen LogP contribution < -0.4 is 5.73 Å². The fraction of sp³-hybridized carbons (Fsp3) is 0.719. The normalized spacial score (nSPS) is 13.7. The van der Waals surface area contributed by atoms with Crippen molar-refractivity contribution < 1.29 is 37.6 Å². The quantitative estimate of drug-likeness (QED) is 0.0264. The zero-order valence-corrected chi connectivity index (χ0v) is 48.4. The standard InChI is InChI=1S/C64H112NO8P/c1-3-5-7-9-11-13-15-17-19-21-23-25-27-29-31-33-35-37-39-41-43-45-47-49-51-53-55-57-64(67)73-62(61-72-74(68,69)71-59-58-65)60-70-63(66)56-54-52-50-48-46-44-42-40-38-36-34-32-30-28-26-24-22-20-18-16-14-12-10-8-6-4-2/h5,7,11,13,17,19,23,25,29,31,35,37,41,43,47,49,62H,3-4,6,8-10,12,14-16,18,20-22,24,26-28,30,32-34,36,38-40,42,44-46,48,50-61,65H2,1-2H3,(H,68,69)/b7-5-,13-11-,19-17-,25-23-,31-29-,37-35-,43-41-,49-47-. The lowest BCUT2D eigenvalue weighted by Crippen LogP contribution is -2.29. The third-order valence-electron chi connectivity index (χ3n) is 12.7. The van der Waals surface area contributed by atoms with Gasteiger partial charge in [0.05, 0.1) is 13.2 Å². The third-order valence-corrected chi connectivity index (χ3v) is 13.7. The van der Waals surface area contributed by atoms with Crippen molar-refractivity contribution in [2.75, 3.05) is 26.4 Å². The maximum atomic E-state index is 12.7. The van der Waals surface area contributed by atoms with Crippen molar-refractivity contribution in [3.63, 3.8) is 0 Å². The van der Waals surface area contributed by atoms with Gasteiger partial charge in [-0.3, -0.25) is 18.6 Å². The van der Waals surface area contributed by atoms with Gasteiger partial charge >= 0.3 is 19.8 Å². The molecule has 0 saturated carbocycles. The van der Waals surface area contributed by atoms with Gasteiger partial charge < -0.3 is 20.1 Å². The van der Waals surface area contributed by atoms with E-state index in [9.17, 15) is 19.0 Å². The second kappa shape index (κ2) is 59.2. The van der Waals surface area contributed by atoms with Gasteiger partial charge in [0.2, 0.25) is 0 Å². The SMILES string of the molecule is CC/C=C\C/C=C\C/C=C\C/C=C\C/C=C\C/C=C\C/C=C\C/C=C\CCCCC(=O)OC(COC(=O)CCCCCCCCCCCCCCCCCCCCCCCCCCCC)COP(=O)(O)OCCN. The van der Waals surface area contributed by atoms with Crippen LogP contribution >= 0.6 is 7.82 Å². The first kappa shape index (κ1) is 70.9. The summed E-state index contributed by atoms with van der Waals surface area (Å²) in [6, 6.07) is 0. The summed E-state index contributed by atoms with van der Waals surface area (Å²) in [5, 5.41) is 0. The minimum atomic E-state index is -4.41. The maximum absolute atomic E-state index is 12.7. The van der Waals surface area contributed by atoms with Crippen LogP contribution in [0.4, 0.5) is 0 Å². The van der Waals surface area contributed by atoms with Crippen LogP contribution in [-0.4, -0.2) is 49.3 Å². The van der Waals surface area contributed by atoms with E-state index in [4.69, 9.17) is 24.3 Å². The summed E-state index contributed by atoms with van der Waals surface area (Å²) in [4.78, 5) is 35.2. The van der Waals surface area contributed by atoms with Crippen molar-refractivity contribution in [1.82, 2.24) is 0 Å². The molecular weight excluding hydrogens is 942 g/mol. The molecule has 0 bridgehead atoms. The van der Waals surface area contributed by atoms with Gasteiger partial charge in [0, 0.05) is 19.4 Å². The van der Waals surface area contributed by atoms with Gasteiger partial charge in [-0.2, -0.15) is 0 Å². The minimum Gasteiger partial charge on any atom is -0.462 e. The Bertz CT molecular complexity index is 1530. The number of esters is 2. The van der Waals surface area contributed by atoms with E-state index in [0.29, 0.717) is 6.42 Å². The Morgan fingerprint density at radius 3 is 1.11 bits per heavy atom. The van der Waals surface area contributed by atoms with E-state index in [2.05, 4.69) is 111 Å². The average molecular weight is 1050 g/mol. The molecule has 0 aliphatic heterocycles. The second-order valence-corrected chi connectivity index (χ2v) is 21.3.